The van der Waals surface area contributed by atoms with Gasteiger partial charge in [0.15, 0.2) is 0 Å². The van der Waals surface area contributed by atoms with E-state index < -0.39 is 6.17 Å². The minimum atomic E-state index is -0.573. The van der Waals surface area contributed by atoms with Gasteiger partial charge in [0.1, 0.15) is 6.17 Å². The molecule has 5 rings (SSSR count). The predicted molar refractivity (Wildman–Crippen MR) is 118 cm³/mol. The number of carbonyl (C=O) groups excluding carboxylic acids is 3. The number of nitrogens with zero attached hydrogens (tertiary/aromatic N) is 3. The smallest absolute Gasteiger partial charge is 0.260 e. The Bertz CT molecular complexity index is 1220. The Hall–Kier alpha value is -4.20. The number of benzene rings is 2. The van der Waals surface area contributed by atoms with Crippen molar-refractivity contribution in [2.75, 3.05) is 23.9 Å². The molecule has 2 aliphatic heterocycles. The molecule has 8 heteroatoms. The van der Waals surface area contributed by atoms with Crippen LogP contribution in [0.25, 0.3) is 0 Å². The maximum Gasteiger partial charge on any atom is 0.260 e. The predicted octanol–water partition coefficient (Wildman–Crippen LogP) is 3.23. The van der Waals surface area contributed by atoms with Gasteiger partial charge in [0.2, 0.25) is 11.8 Å². The fourth-order valence-corrected chi connectivity index (χ4v) is 4.22. The first kappa shape index (κ1) is 19.7. The third-order valence-corrected chi connectivity index (χ3v) is 5.69. The number of fused-ring (bicyclic) bond motifs is 5. The van der Waals surface area contributed by atoms with E-state index in [1.807, 2.05) is 24.3 Å². The summed E-state index contributed by atoms with van der Waals surface area (Å²) in [7, 11) is 1.52. The zero-order valence-corrected chi connectivity index (χ0v) is 17.3. The van der Waals surface area contributed by atoms with E-state index in [1.54, 1.807) is 46.2 Å². The molecule has 3 aromatic rings. The molecule has 0 radical (unpaired) electrons. The van der Waals surface area contributed by atoms with Crippen molar-refractivity contribution in [3.05, 3.63) is 83.6 Å². The zero-order chi connectivity index (χ0) is 22.2. The molecule has 1 N–H and O–H groups in total. The number of hydrogen-bond acceptors (Lipinski definition) is 5. The second-order valence-electron chi connectivity index (χ2n) is 7.54. The van der Waals surface area contributed by atoms with Crippen molar-refractivity contribution in [2.24, 2.45) is 0 Å². The van der Waals surface area contributed by atoms with E-state index in [1.165, 1.54) is 13.3 Å². The number of pyridine rings is 1. The van der Waals surface area contributed by atoms with E-state index in [0.717, 1.165) is 5.56 Å². The summed E-state index contributed by atoms with van der Waals surface area (Å²) in [5.74, 6) is -0.160. The third-order valence-electron chi connectivity index (χ3n) is 5.69. The Morgan fingerprint density at radius 1 is 1.00 bits per heavy atom. The van der Waals surface area contributed by atoms with Crippen LogP contribution in [0.15, 0.2) is 66.9 Å². The number of aromatic nitrogens is 1. The van der Waals surface area contributed by atoms with Gasteiger partial charge in [-0.3, -0.25) is 19.3 Å². The summed E-state index contributed by atoms with van der Waals surface area (Å²) in [6.45, 7) is 0.158. The van der Waals surface area contributed by atoms with Gasteiger partial charge in [0.25, 0.3) is 11.8 Å². The Kier molecular flexibility index (Phi) is 4.82. The van der Waals surface area contributed by atoms with Crippen LogP contribution in [0.3, 0.4) is 0 Å². The molecule has 3 amide bonds. The molecule has 1 aromatic heterocycles. The van der Waals surface area contributed by atoms with Gasteiger partial charge in [-0.25, -0.2) is 4.98 Å². The van der Waals surface area contributed by atoms with Gasteiger partial charge in [-0.15, -0.1) is 0 Å². The lowest BCUT2D eigenvalue weighted by atomic mass is 10.0. The van der Waals surface area contributed by atoms with Gasteiger partial charge < -0.3 is 15.0 Å². The number of rotatable bonds is 5. The van der Waals surface area contributed by atoms with Crippen molar-refractivity contribution in [1.29, 1.82) is 0 Å². The molecule has 1 atom stereocenters. The van der Waals surface area contributed by atoms with Crippen molar-refractivity contribution in [3.8, 4) is 5.88 Å². The summed E-state index contributed by atoms with van der Waals surface area (Å²) in [4.78, 5) is 46.4. The maximum atomic E-state index is 13.3. The van der Waals surface area contributed by atoms with Gasteiger partial charge in [0, 0.05) is 30.2 Å². The van der Waals surface area contributed by atoms with Crippen LogP contribution in [0.5, 0.6) is 5.88 Å². The Morgan fingerprint density at radius 3 is 2.50 bits per heavy atom. The molecule has 0 fully saturated rings. The van der Waals surface area contributed by atoms with Crippen molar-refractivity contribution >= 4 is 29.1 Å². The highest BCUT2D eigenvalue weighted by atomic mass is 16.5. The van der Waals surface area contributed by atoms with Crippen LogP contribution in [0.1, 0.15) is 38.9 Å². The van der Waals surface area contributed by atoms with Crippen LogP contribution in [0.4, 0.5) is 11.4 Å². The van der Waals surface area contributed by atoms with Gasteiger partial charge in [-0.2, -0.15) is 0 Å². The van der Waals surface area contributed by atoms with Crippen LogP contribution in [-0.2, 0) is 4.79 Å². The molecule has 1 unspecified atom stereocenters. The Labute approximate surface area is 184 Å². The van der Waals surface area contributed by atoms with Crippen molar-refractivity contribution < 1.29 is 19.1 Å². The van der Waals surface area contributed by atoms with Crippen LogP contribution in [-0.4, -0.2) is 41.3 Å². The van der Waals surface area contributed by atoms with Crippen LogP contribution >= 0.6 is 0 Å². The maximum absolute atomic E-state index is 13.3. The van der Waals surface area contributed by atoms with Crippen molar-refractivity contribution in [3.63, 3.8) is 0 Å². The number of anilines is 2. The summed E-state index contributed by atoms with van der Waals surface area (Å²) >= 11 is 0. The molecular formula is C24H20N4O4. The highest BCUT2D eigenvalue weighted by Crippen LogP contribution is 2.45. The number of ether oxygens (including phenoxy) is 1. The van der Waals surface area contributed by atoms with E-state index in [9.17, 15) is 14.4 Å². The first-order chi connectivity index (χ1) is 15.6. The number of amides is 3. The molecule has 0 saturated heterocycles. The number of para-hydroxylation sites is 1. The Balaban J connectivity index is 1.41. The highest BCUT2D eigenvalue weighted by Gasteiger charge is 2.47. The average Bonchev–Trinajstić information content (AvgIpc) is 3.12. The van der Waals surface area contributed by atoms with E-state index in [2.05, 4.69) is 10.3 Å². The lowest BCUT2D eigenvalue weighted by Gasteiger charge is -2.40. The standard InChI is InChI=1S/C24H20N4O4/c1-32-21-11-10-15(14-25-21)26-20(29)12-13-27-22-16-6-2-3-7-17(16)24(31)28(22)19-9-5-4-8-18(19)23(27)30/h2-11,14,22H,12-13H2,1H3,(H,26,29). The van der Waals surface area contributed by atoms with Crippen LogP contribution < -0.4 is 15.0 Å². The third kappa shape index (κ3) is 3.17. The van der Waals surface area contributed by atoms with E-state index in [-0.39, 0.29) is 30.7 Å². The molecule has 2 aliphatic rings. The highest BCUT2D eigenvalue weighted by molar-refractivity contribution is 6.16. The SMILES string of the molecule is COc1ccc(NC(=O)CCN2C(=O)c3ccccc3N3C(=O)c4ccccc4C23)cn1. The number of methoxy groups -OCH3 is 1. The largest absolute Gasteiger partial charge is 0.481 e. The molecule has 0 saturated carbocycles. The molecule has 0 aliphatic carbocycles. The van der Waals surface area contributed by atoms with Gasteiger partial charge in [0.05, 0.1) is 30.2 Å². The molecule has 3 heterocycles. The minimum Gasteiger partial charge on any atom is -0.481 e. The number of nitrogens with one attached hydrogen (secondary N) is 1. The summed E-state index contributed by atoms with van der Waals surface area (Å²) in [6, 6.07) is 17.7. The molecular weight excluding hydrogens is 408 g/mol. The Morgan fingerprint density at radius 2 is 1.75 bits per heavy atom. The average molecular weight is 428 g/mol. The quantitative estimate of drug-likeness (QED) is 0.674. The molecule has 0 spiro atoms. The number of hydrogen-bond donors (Lipinski definition) is 1. The summed E-state index contributed by atoms with van der Waals surface area (Å²) < 4.78 is 5.02. The van der Waals surface area contributed by atoms with Crippen LogP contribution in [0.2, 0.25) is 0 Å². The second kappa shape index (κ2) is 7.81. The van der Waals surface area contributed by atoms with Gasteiger partial charge in [-0.1, -0.05) is 30.3 Å². The normalized spacial score (nSPS) is 16.3. The topological polar surface area (TPSA) is 91.8 Å². The van der Waals surface area contributed by atoms with Crippen molar-refractivity contribution in [1.82, 2.24) is 9.88 Å². The molecule has 2 aromatic carbocycles. The van der Waals surface area contributed by atoms with Crippen molar-refractivity contribution in [2.45, 2.75) is 12.6 Å². The monoisotopic (exact) mass is 428 g/mol. The fourth-order valence-electron chi connectivity index (χ4n) is 4.22. The summed E-state index contributed by atoms with van der Waals surface area (Å²) in [5.41, 5.74) is 2.91. The minimum absolute atomic E-state index is 0.0701. The lowest BCUT2D eigenvalue weighted by molar-refractivity contribution is -0.116. The molecule has 0 bridgehead atoms. The number of carbonyl (C=O) groups is 3. The fraction of sp³-hybridized carbons (Fsp3) is 0.167. The first-order valence-electron chi connectivity index (χ1n) is 10.2. The summed E-state index contributed by atoms with van der Waals surface area (Å²) in [6.07, 6.45) is 1.00. The first-order valence-corrected chi connectivity index (χ1v) is 10.2. The molecule has 8 nitrogen and oxygen atoms in total. The van der Waals surface area contributed by atoms with E-state index in [0.29, 0.717) is 28.4 Å². The summed E-state index contributed by atoms with van der Waals surface area (Å²) in [5, 5.41) is 2.78. The van der Waals surface area contributed by atoms with Gasteiger partial charge >= 0.3 is 0 Å². The molecule has 160 valence electrons. The van der Waals surface area contributed by atoms with E-state index >= 15 is 0 Å². The molecule has 32 heavy (non-hydrogen) atoms. The second-order valence-corrected chi connectivity index (χ2v) is 7.54. The van der Waals surface area contributed by atoms with Gasteiger partial charge in [-0.05, 0) is 24.3 Å². The van der Waals surface area contributed by atoms with E-state index in [4.69, 9.17) is 4.74 Å². The lowest BCUT2D eigenvalue weighted by Crippen LogP contribution is -2.48. The van der Waals surface area contributed by atoms with Crippen LogP contribution in [0, 0.1) is 0 Å². The zero-order valence-electron chi connectivity index (χ0n) is 17.3.